The van der Waals surface area contributed by atoms with Gasteiger partial charge in [0.2, 0.25) is 0 Å². The molecule has 4 nitrogen and oxygen atoms in total. The minimum absolute atomic E-state index is 0.862. The molecule has 0 aliphatic carbocycles. The number of anilines is 3. The van der Waals surface area contributed by atoms with Gasteiger partial charge in [-0.3, -0.25) is 9.13 Å². The van der Waals surface area contributed by atoms with E-state index in [1.807, 2.05) is 12.1 Å². The summed E-state index contributed by atoms with van der Waals surface area (Å²) in [6.45, 7) is 0. The van der Waals surface area contributed by atoms with Crippen LogP contribution < -0.4 is 4.90 Å². The van der Waals surface area contributed by atoms with Crippen LogP contribution in [0.4, 0.5) is 17.1 Å². The highest BCUT2D eigenvalue weighted by Gasteiger charge is 2.23. The predicted molar refractivity (Wildman–Crippen MR) is 250 cm³/mol. The van der Waals surface area contributed by atoms with Gasteiger partial charge in [0, 0.05) is 61.4 Å². The van der Waals surface area contributed by atoms with Gasteiger partial charge in [-0.1, -0.05) is 133 Å². The maximum Gasteiger partial charge on any atom is 0.137 e. The average molecular weight is 768 g/mol. The zero-order valence-electron chi connectivity index (χ0n) is 32.6. The Bertz CT molecular complexity index is 3540. The second kappa shape index (κ2) is 13.8. The fraction of sp³-hybridized carbons (Fsp3) is 0. The van der Waals surface area contributed by atoms with Crippen LogP contribution in [0, 0.1) is 0 Å². The number of fused-ring (bicyclic) bond motifs is 8. The summed E-state index contributed by atoms with van der Waals surface area (Å²) in [4.78, 5) is 2.35. The van der Waals surface area contributed by atoms with Crippen LogP contribution in [0.25, 0.3) is 88.4 Å². The number of benzene rings is 9. The van der Waals surface area contributed by atoms with E-state index in [0.717, 1.165) is 72.7 Å². The van der Waals surface area contributed by atoms with Crippen molar-refractivity contribution in [3.63, 3.8) is 0 Å². The number of hydrogen-bond donors (Lipinski definition) is 0. The van der Waals surface area contributed by atoms with Gasteiger partial charge in [0.15, 0.2) is 0 Å². The van der Waals surface area contributed by atoms with Gasteiger partial charge in [0.1, 0.15) is 16.8 Å². The van der Waals surface area contributed by atoms with Gasteiger partial charge < -0.3 is 9.32 Å². The van der Waals surface area contributed by atoms with Gasteiger partial charge in [-0.05, 0) is 107 Å². The average Bonchev–Trinajstić information content (AvgIpc) is 3.97. The SMILES string of the molecule is c1ccc(-c2cccc(N(c3cccc(-c4ccc5c(c4)c4c6ccccc6n(-c6ccccc6)c4n5-c4ccccc4)c3)c3ccc4c(c3)oc3ccccc34)c2)cc1. The first-order valence-electron chi connectivity index (χ1n) is 20.4. The molecule has 9 aromatic carbocycles. The van der Waals surface area contributed by atoms with Crippen LogP contribution in [-0.4, -0.2) is 9.13 Å². The molecule has 0 amide bonds. The summed E-state index contributed by atoms with van der Waals surface area (Å²) in [7, 11) is 0. The van der Waals surface area contributed by atoms with Gasteiger partial charge >= 0.3 is 0 Å². The largest absolute Gasteiger partial charge is 0.456 e. The number of furan rings is 1. The molecular weight excluding hydrogens is 731 g/mol. The normalized spacial score (nSPS) is 11.7. The van der Waals surface area contributed by atoms with E-state index in [1.165, 1.54) is 32.8 Å². The van der Waals surface area contributed by atoms with E-state index in [2.05, 4.69) is 226 Å². The molecule has 0 N–H and O–H groups in total. The van der Waals surface area contributed by atoms with Crippen molar-refractivity contribution in [1.29, 1.82) is 0 Å². The van der Waals surface area contributed by atoms with E-state index >= 15 is 0 Å². The Morgan fingerprint density at radius 2 is 0.833 bits per heavy atom. The Labute approximate surface area is 347 Å². The number of nitrogens with zero attached hydrogens (tertiary/aromatic N) is 3. The Kier molecular flexibility index (Phi) is 7.82. The standard InChI is InChI=1S/C56H37N3O/c1-4-16-38(17-5-1)39-18-14-24-44(34-39)57(46-31-32-48-47-26-11-13-29-53(47)60-54(48)37-46)45-25-15-19-40(35-45)41-30-33-52-50(36-41)55-49-27-10-12-28-51(49)58(42-20-6-2-7-21-42)56(55)59(52)43-22-8-3-9-23-43/h1-37H. The minimum atomic E-state index is 0.862. The fourth-order valence-electron chi connectivity index (χ4n) is 9.19. The van der Waals surface area contributed by atoms with Crippen LogP contribution >= 0.6 is 0 Å². The van der Waals surface area contributed by atoms with Crippen LogP contribution in [0.1, 0.15) is 0 Å². The summed E-state index contributed by atoms with van der Waals surface area (Å²) < 4.78 is 11.3. The monoisotopic (exact) mass is 767 g/mol. The molecule has 12 aromatic rings. The molecule has 0 bridgehead atoms. The van der Waals surface area contributed by atoms with Crippen LogP contribution in [0.3, 0.4) is 0 Å². The van der Waals surface area contributed by atoms with E-state index in [-0.39, 0.29) is 0 Å². The van der Waals surface area contributed by atoms with Crippen LogP contribution in [0.5, 0.6) is 0 Å². The quantitative estimate of drug-likeness (QED) is 0.161. The van der Waals surface area contributed by atoms with Crippen molar-refractivity contribution >= 4 is 71.8 Å². The number of para-hydroxylation sites is 4. The molecule has 0 aliphatic heterocycles. The zero-order valence-corrected chi connectivity index (χ0v) is 32.6. The molecule has 4 heteroatoms. The lowest BCUT2D eigenvalue weighted by Gasteiger charge is -2.26. The molecule has 0 fully saturated rings. The van der Waals surface area contributed by atoms with Gasteiger partial charge in [0.05, 0.1) is 11.0 Å². The van der Waals surface area contributed by atoms with Gasteiger partial charge in [-0.2, -0.15) is 0 Å². The number of hydrogen-bond acceptors (Lipinski definition) is 2. The van der Waals surface area contributed by atoms with Crippen molar-refractivity contribution in [2.45, 2.75) is 0 Å². The lowest BCUT2D eigenvalue weighted by atomic mass is 10.0. The molecule has 0 saturated heterocycles. The highest BCUT2D eigenvalue weighted by atomic mass is 16.3. The molecule has 12 rings (SSSR count). The number of rotatable bonds is 7. The summed E-state index contributed by atoms with van der Waals surface area (Å²) in [5.74, 6) is 0. The molecule has 3 aromatic heterocycles. The van der Waals surface area contributed by atoms with Crippen LogP contribution in [0.2, 0.25) is 0 Å². The van der Waals surface area contributed by atoms with Gasteiger partial charge in [-0.15, -0.1) is 0 Å². The van der Waals surface area contributed by atoms with Crippen LogP contribution in [0.15, 0.2) is 229 Å². The van der Waals surface area contributed by atoms with Gasteiger partial charge in [0.25, 0.3) is 0 Å². The Morgan fingerprint density at radius 3 is 1.53 bits per heavy atom. The molecular formula is C56H37N3O. The topological polar surface area (TPSA) is 26.2 Å². The molecule has 282 valence electrons. The zero-order chi connectivity index (χ0) is 39.6. The smallest absolute Gasteiger partial charge is 0.137 e. The number of aromatic nitrogens is 2. The second-order valence-electron chi connectivity index (χ2n) is 15.4. The van der Waals surface area contributed by atoms with Crippen molar-refractivity contribution in [3.8, 4) is 33.6 Å². The van der Waals surface area contributed by atoms with E-state index in [0.29, 0.717) is 0 Å². The third kappa shape index (κ3) is 5.46. The summed E-state index contributed by atoms with van der Waals surface area (Å²) in [6.07, 6.45) is 0. The van der Waals surface area contributed by atoms with Crippen molar-refractivity contribution in [3.05, 3.63) is 224 Å². The summed E-state index contributed by atoms with van der Waals surface area (Å²) in [5.41, 5.74) is 15.3. The fourth-order valence-corrected chi connectivity index (χ4v) is 9.19. The first-order valence-corrected chi connectivity index (χ1v) is 20.4. The van der Waals surface area contributed by atoms with Crippen molar-refractivity contribution in [1.82, 2.24) is 9.13 Å². The van der Waals surface area contributed by atoms with Crippen LogP contribution in [-0.2, 0) is 0 Å². The predicted octanol–water partition coefficient (Wildman–Crippen LogP) is 15.4. The highest BCUT2D eigenvalue weighted by Crippen LogP contribution is 2.44. The minimum Gasteiger partial charge on any atom is -0.456 e. The lowest BCUT2D eigenvalue weighted by Crippen LogP contribution is -2.10. The second-order valence-corrected chi connectivity index (χ2v) is 15.4. The van der Waals surface area contributed by atoms with E-state index in [4.69, 9.17) is 4.42 Å². The third-order valence-electron chi connectivity index (χ3n) is 11.9. The van der Waals surface area contributed by atoms with Crippen molar-refractivity contribution < 1.29 is 4.42 Å². The van der Waals surface area contributed by atoms with E-state index < -0.39 is 0 Å². The molecule has 0 radical (unpaired) electrons. The third-order valence-corrected chi connectivity index (χ3v) is 11.9. The maximum atomic E-state index is 6.44. The van der Waals surface area contributed by atoms with E-state index in [1.54, 1.807) is 0 Å². The molecule has 0 unspecified atom stereocenters. The maximum absolute atomic E-state index is 6.44. The van der Waals surface area contributed by atoms with E-state index in [9.17, 15) is 0 Å². The summed E-state index contributed by atoms with van der Waals surface area (Å²) in [5, 5.41) is 5.91. The lowest BCUT2D eigenvalue weighted by molar-refractivity contribution is 0.669. The molecule has 3 heterocycles. The molecule has 60 heavy (non-hydrogen) atoms. The highest BCUT2D eigenvalue weighted by molar-refractivity contribution is 6.23. The Morgan fingerprint density at radius 1 is 0.317 bits per heavy atom. The first-order chi connectivity index (χ1) is 29.8. The Balaban J connectivity index is 1.06. The van der Waals surface area contributed by atoms with Gasteiger partial charge in [-0.25, -0.2) is 0 Å². The summed E-state index contributed by atoms with van der Waals surface area (Å²) in [6, 6.07) is 80.3. The van der Waals surface area contributed by atoms with Crippen molar-refractivity contribution in [2.75, 3.05) is 4.90 Å². The molecule has 0 saturated carbocycles. The molecule has 0 aliphatic rings. The molecule has 0 spiro atoms. The van der Waals surface area contributed by atoms with Crippen molar-refractivity contribution in [2.24, 2.45) is 0 Å². The first kappa shape index (κ1) is 34.0. The summed E-state index contributed by atoms with van der Waals surface area (Å²) >= 11 is 0. The Hall–Kier alpha value is -8.08. The molecule has 0 atom stereocenters.